The van der Waals surface area contributed by atoms with E-state index in [4.69, 9.17) is 5.73 Å². The zero-order chi connectivity index (χ0) is 14.3. The van der Waals surface area contributed by atoms with Crippen molar-refractivity contribution in [2.45, 2.75) is 19.8 Å². The normalized spacial score (nSPS) is 10.5. The summed E-state index contributed by atoms with van der Waals surface area (Å²) >= 11 is 0. The van der Waals surface area contributed by atoms with Gasteiger partial charge in [0.2, 0.25) is 15.9 Å². The fraction of sp³-hybridized carbons (Fsp3) is 0.417. The van der Waals surface area contributed by atoms with E-state index in [1.54, 1.807) is 31.2 Å². The first-order valence-electron chi connectivity index (χ1n) is 6.07. The molecule has 0 aromatic heterocycles. The Hall–Kier alpha value is -1.31. The van der Waals surface area contributed by atoms with Crippen LogP contribution in [0.3, 0.4) is 0 Å². The van der Waals surface area contributed by atoms with E-state index in [0.717, 1.165) is 0 Å². The Balaban J connectivity index is 0.00000361. The number of hydrogen-bond acceptors (Lipinski definition) is 4. The van der Waals surface area contributed by atoms with Crippen molar-refractivity contribution in [2.75, 3.05) is 22.3 Å². The van der Waals surface area contributed by atoms with E-state index in [1.165, 1.54) is 0 Å². The third-order valence-corrected chi connectivity index (χ3v) is 3.76. The Morgan fingerprint density at radius 2 is 1.95 bits per heavy atom. The standard InChI is InChI=1S/C12H19N3O3S.ClH/c1-2-8-19(17,18)15-11-5-3-4-10(9-11)14-12(16)6-7-13;/h3-5,9,15H,2,6-8,13H2,1H3,(H,14,16);1H. The Morgan fingerprint density at radius 3 is 2.55 bits per heavy atom. The van der Waals surface area contributed by atoms with Crippen LogP contribution in [0.15, 0.2) is 24.3 Å². The summed E-state index contributed by atoms with van der Waals surface area (Å²) in [5, 5.41) is 2.65. The number of halogens is 1. The van der Waals surface area contributed by atoms with Crippen LogP contribution in [-0.2, 0) is 14.8 Å². The summed E-state index contributed by atoms with van der Waals surface area (Å²) in [5.74, 6) is -0.132. The third kappa shape index (κ3) is 6.74. The minimum absolute atomic E-state index is 0. The van der Waals surface area contributed by atoms with Gasteiger partial charge in [-0.2, -0.15) is 0 Å². The van der Waals surface area contributed by atoms with Crippen molar-refractivity contribution in [1.29, 1.82) is 0 Å². The average molecular weight is 322 g/mol. The van der Waals surface area contributed by atoms with Crippen LogP contribution in [0, 0.1) is 0 Å². The molecule has 0 saturated heterocycles. The molecule has 0 fully saturated rings. The number of rotatable bonds is 7. The van der Waals surface area contributed by atoms with Gasteiger partial charge in [0, 0.05) is 18.7 Å². The van der Waals surface area contributed by atoms with Crippen molar-refractivity contribution in [3.63, 3.8) is 0 Å². The second kappa shape index (κ2) is 8.78. The number of nitrogens with one attached hydrogen (secondary N) is 2. The molecule has 0 aliphatic rings. The fourth-order valence-corrected chi connectivity index (χ4v) is 2.64. The molecule has 0 radical (unpaired) electrons. The smallest absolute Gasteiger partial charge is 0.232 e. The highest BCUT2D eigenvalue weighted by Gasteiger charge is 2.09. The number of amides is 1. The Kier molecular flexibility index (Phi) is 8.21. The molecule has 0 unspecified atom stereocenters. The fourth-order valence-electron chi connectivity index (χ4n) is 1.51. The lowest BCUT2D eigenvalue weighted by atomic mass is 10.2. The number of benzene rings is 1. The molecule has 114 valence electrons. The maximum Gasteiger partial charge on any atom is 0.232 e. The molecular formula is C12H20ClN3O3S. The average Bonchev–Trinajstić information content (AvgIpc) is 2.28. The highest BCUT2D eigenvalue weighted by molar-refractivity contribution is 7.92. The second-order valence-corrected chi connectivity index (χ2v) is 5.93. The third-order valence-electron chi connectivity index (χ3n) is 2.26. The van der Waals surface area contributed by atoms with Gasteiger partial charge in [0.15, 0.2) is 0 Å². The SMILES string of the molecule is CCCS(=O)(=O)Nc1cccc(NC(=O)CCN)c1.Cl. The number of nitrogens with two attached hydrogens (primary N) is 1. The predicted molar refractivity (Wildman–Crippen MR) is 83.7 cm³/mol. The molecule has 1 rings (SSSR count). The van der Waals surface area contributed by atoms with Crippen LogP contribution in [0.2, 0.25) is 0 Å². The van der Waals surface area contributed by atoms with E-state index in [1.807, 2.05) is 0 Å². The van der Waals surface area contributed by atoms with Gasteiger partial charge >= 0.3 is 0 Å². The molecule has 0 aliphatic heterocycles. The molecular weight excluding hydrogens is 302 g/mol. The highest BCUT2D eigenvalue weighted by atomic mass is 35.5. The summed E-state index contributed by atoms with van der Waals surface area (Å²) < 4.78 is 25.7. The van der Waals surface area contributed by atoms with E-state index in [-0.39, 0.29) is 37.0 Å². The minimum Gasteiger partial charge on any atom is -0.330 e. The van der Waals surface area contributed by atoms with Crippen molar-refractivity contribution in [2.24, 2.45) is 5.73 Å². The summed E-state index contributed by atoms with van der Waals surface area (Å²) in [7, 11) is -3.32. The van der Waals surface area contributed by atoms with Crippen molar-refractivity contribution in [3.05, 3.63) is 24.3 Å². The Labute approximate surface area is 125 Å². The van der Waals surface area contributed by atoms with Crippen molar-refractivity contribution < 1.29 is 13.2 Å². The summed E-state index contributed by atoms with van der Waals surface area (Å²) in [4.78, 5) is 11.4. The van der Waals surface area contributed by atoms with Gasteiger partial charge in [-0.25, -0.2) is 8.42 Å². The van der Waals surface area contributed by atoms with Gasteiger partial charge in [-0.05, 0) is 24.6 Å². The molecule has 1 amide bonds. The Bertz CT molecular complexity index is 535. The van der Waals surface area contributed by atoms with E-state index in [9.17, 15) is 13.2 Å². The summed E-state index contributed by atoms with van der Waals surface area (Å²) in [5.41, 5.74) is 6.24. The van der Waals surface area contributed by atoms with Gasteiger partial charge in [0.05, 0.1) is 11.4 Å². The molecule has 0 bridgehead atoms. The van der Waals surface area contributed by atoms with Crippen LogP contribution >= 0.6 is 12.4 Å². The molecule has 1 aromatic rings. The monoisotopic (exact) mass is 321 g/mol. The maximum absolute atomic E-state index is 11.6. The van der Waals surface area contributed by atoms with Gasteiger partial charge in [0.25, 0.3) is 0 Å². The number of carbonyl (C=O) groups excluding carboxylic acids is 1. The van der Waals surface area contributed by atoms with Crippen molar-refractivity contribution >= 4 is 39.7 Å². The molecule has 0 atom stereocenters. The number of carbonyl (C=O) groups is 1. The lowest BCUT2D eigenvalue weighted by Crippen LogP contribution is -2.17. The lowest BCUT2D eigenvalue weighted by molar-refractivity contribution is -0.116. The van der Waals surface area contributed by atoms with Gasteiger partial charge in [0.1, 0.15) is 0 Å². The molecule has 1 aromatic carbocycles. The first-order chi connectivity index (χ1) is 8.96. The summed E-state index contributed by atoms with van der Waals surface area (Å²) in [6.07, 6.45) is 0.772. The van der Waals surface area contributed by atoms with Crippen molar-refractivity contribution in [1.82, 2.24) is 0 Å². The Morgan fingerprint density at radius 1 is 1.30 bits per heavy atom. The predicted octanol–water partition coefficient (Wildman–Crippen LogP) is 1.55. The van der Waals surface area contributed by atoms with Gasteiger partial charge in [-0.3, -0.25) is 9.52 Å². The molecule has 0 aliphatic carbocycles. The summed E-state index contributed by atoms with van der Waals surface area (Å²) in [6, 6.07) is 6.56. The summed E-state index contributed by atoms with van der Waals surface area (Å²) in [6.45, 7) is 2.07. The number of anilines is 2. The molecule has 6 nitrogen and oxygen atoms in total. The highest BCUT2D eigenvalue weighted by Crippen LogP contribution is 2.16. The van der Waals surface area contributed by atoms with Crippen LogP contribution in [-0.4, -0.2) is 26.6 Å². The largest absolute Gasteiger partial charge is 0.330 e. The maximum atomic E-state index is 11.6. The van der Waals surface area contributed by atoms with E-state index < -0.39 is 10.0 Å². The minimum atomic E-state index is -3.32. The van der Waals surface area contributed by atoms with E-state index in [0.29, 0.717) is 17.8 Å². The quantitative estimate of drug-likeness (QED) is 0.709. The van der Waals surface area contributed by atoms with Crippen LogP contribution < -0.4 is 15.8 Å². The zero-order valence-corrected chi connectivity index (χ0v) is 12.9. The number of hydrogen-bond donors (Lipinski definition) is 3. The first kappa shape index (κ1) is 18.7. The van der Waals surface area contributed by atoms with Crippen LogP contribution in [0.1, 0.15) is 19.8 Å². The van der Waals surface area contributed by atoms with Gasteiger partial charge in [-0.15, -0.1) is 12.4 Å². The molecule has 8 heteroatoms. The van der Waals surface area contributed by atoms with Crippen LogP contribution in [0.25, 0.3) is 0 Å². The molecule has 20 heavy (non-hydrogen) atoms. The second-order valence-electron chi connectivity index (χ2n) is 4.09. The van der Waals surface area contributed by atoms with Crippen molar-refractivity contribution in [3.8, 4) is 0 Å². The zero-order valence-electron chi connectivity index (χ0n) is 11.3. The van der Waals surface area contributed by atoms with Crippen LogP contribution in [0.4, 0.5) is 11.4 Å². The molecule has 4 N–H and O–H groups in total. The molecule has 0 saturated carbocycles. The van der Waals surface area contributed by atoms with Gasteiger partial charge < -0.3 is 11.1 Å². The first-order valence-corrected chi connectivity index (χ1v) is 7.72. The molecule has 0 spiro atoms. The van der Waals surface area contributed by atoms with E-state index >= 15 is 0 Å². The molecule has 0 heterocycles. The number of sulfonamides is 1. The lowest BCUT2D eigenvalue weighted by Gasteiger charge is -2.09. The van der Waals surface area contributed by atoms with Crippen LogP contribution in [0.5, 0.6) is 0 Å². The van der Waals surface area contributed by atoms with Gasteiger partial charge in [-0.1, -0.05) is 13.0 Å². The topological polar surface area (TPSA) is 101 Å². The van der Waals surface area contributed by atoms with E-state index in [2.05, 4.69) is 10.0 Å².